The number of furan rings is 1. The number of rotatable bonds is 5. The van der Waals surface area contributed by atoms with E-state index < -0.39 is 5.41 Å². The van der Waals surface area contributed by atoms with Crippen molar-refractivity contribution in [1.29, 1.82) is 0 Å². The van der Waals surface area contributed by atoms with Crippen molar-refractivity contribution in [3.8, 4) is 39.2 Å². The van der Waals surface area contributed by atoms with E-state index in [1.165, 1.54) is 38.8 Å². The molecule has 3 heterocycles. The average Bonchev–Trinajstić information content (AvgIpc) is 3.91. The molecule has 3 heteroatoms. The van der Waals surface area contributed by atoms with Crippen molar-refractivity contribution in [1.82, 2.24) is 9.55 Å². The van der Waals surface area contributed by atoms with Crippen LogP contribution >= 0.6 is 0 Å². The molecule has 1 aliphatic carbocycles. The van der Waals surface area contributed by atoms with E-state index in [0.29, 0.717) is 0 Å². The molecule has 3 nitrogen and oxygen atoms in total. The molecule has 0 bridgehead atoms. The van der Waals surface area contributed by atoms with Gasteiger partial charge in [-0.3, -0.25) is 4.98 Å². The Hall–Kier alpha value is -6.97. The molecule has 0 fully saturated rings. The summed E-state index contributed by atoms with van der Waals surface area (Å²) in [6.45, 7) is 0. The zero-order valence-corrected chi connectivity index (χ0v) is 28.8. The van der Waals surface area contributed by atoms with Gasteiger partial charge in [0.2, 0.25) is 0 Å². The van der Waals surface area contributed by atoms with Gasteiger partial charge >= 0.3 is 0 Å². The van der Waals surface area contributed by atoms with Crippen molar-refractivity contribution in [2.75, 3.05) is 0 Å². The van der Waals surface area contributed by atoms with E-state index in [2.05, 4.69) is 179 Å². The molecule has 7 aromatic carbocycles. The summed E-state index contributed by atoms with van der Waals surface area (Å²) in [4.78, 5) is 4.66. The molecular weight excluding hydrogens is 645 g/mol. The van der Waals surface area contributed by atoms with Gasteiger partial charge in [-0.1, -0.05) is 146 Å². The standard InChI is InChI=1S/C50H32N2O/c1-4-13-35(14-5-1)50(36-15-6-2-7-16-36)44-29-30-51-32-43(44)40-27-28-45-42(48(40)50)31-46(52(45)37-17-8-3-9-18-37)34-25-23-33(24-26-34)38-20-12-21-41-39-19-10-11-22-47(39)53-49(38)41/h1-32H. The summed E-state index contributed by atoms with van der Waals surface area (Å²) in [5, 5.41) is 3.50. The molecule has 0 atom stereocenters. The predicted octanol–water partition coefficient (Wildman–Crippen LogP) is 12.6. The molecule has 0 radical (unpaired) electrons. The molecule has 53 heavy (non-hydrogen) atoms. The van der Waals surface area contributed by atoms with E-state index in [1.54, 1.807) is 0 Å². The lowest BCUT2D eigenvalue weighted by Crippen LogP contribution is -2.28. The van der Waals surface area contributed by atoms with Crippen LogP contribution in [0.3, 0.4) is 0 Å². The van der Waals surface area contributed by atoms with Crippen LogP contribution in [0, 0.1) is 0 Å². The van der Waals surface area contributed by atoms with Crippen molar-refractivity contribution in [3.05, 3.63) is 217 Å². The molecule has 3 aromatic heterocycles. The van der Waals surface area contributed by atoms with Crippen LogP contribution in [0.1, 0.15) is 22.3 Å². The van der Waals surface area contributed by atoms with Gasteiger partial charge in [0.25, 0.3) is 0 Å². The van der Waals surface area contributed by atoms with Crippen molar-refractivity contribution in [3.63, 3.8) is 0 Å². The fourth-order valence-electron chi connectivity index (χ4n) is 8.99. The minimum Gasteiger partial charge on any atom is -0.455 e. The van der Waals surface area contributed by atoms with E-state index in [0.717, 1.165) is 55.5 Å². The van der Waals surface area contributed by atoms with Crippen molar-refractivity contribution in [2.24, 2.45) is 0 Å². The number of fused-ring (bicyclic) bond motifs is 8. The molecule has 0 saturated carbocycles. The molecule has 0 saturated heterocycles. The highest BCUT2D eigenvalue weighted by Gasteiger charge is 2.47. The third-order valence-electron chi connectivity index (χ3n) is 11.2. The Morgan fingerprint density at radius 1 is 0.491 bits per heavy atom. The summed E-state index contributed by atoms with van der Waals surface area (Å²) in [6.07, 6.45) is 3.99. The van der Waals surface area contributed by atoms with Crippen LogP contribution in [-0.4, -0.2) is 9.55 Å². The van der Waals surface area contributed by atoms with Gasteiger partial charge in [-0.15, -0.1) is 0 Å². The largest absolute Gasteiger partial charge is 0.455 e. The number of para-hydroxylation sites is 3. The van der Waals surface area contributed by atoms with Crippen LogP contribution in [0.2, 0.25) is 0 Å². The first-order valence-corrected chi connectivity index (χ1v) is 18.1. The topological polar surface area (TPSA) is 31.0 Å². The Morgan fingerprint density at radius 3 is 1.91 bits per heavy atom. The molecule has 10 aromatic rings. The van der Waals surface area contributed by atoms with Gasteiger partial charge in [0.05, 0.1) is 16.6 Å². The maximum absolute atomic E-state index is 6.42. The normalized spacial score (nSPS) is 13.1. The second-order valence-corrected chi connectivity index (χ2v) is 13.9. The van der Waals surface area contributed by atoms with Crippen LogP contribution in [-0.2, 0) is 5.41 Å². The lowest BCUT2D eigenvalue weighted by atomic mass is 9.67. The van der Waals surface area contributed by atoms with Gasteiger partial charge in [0.1, 0.15) is 11.2 Å². The quantitative estimate of drug-likeness (QED) is 0.182. The van der Waals surface area contributed by atoms with E-state index >= 15 is 0 Å². The summed E-state index contributed by atoms with van der Waals surface area (Å²) >= 11 is 0. The van der Waals surface area contributed by atoms with Crippen LogP contribution in [0.25, 0.3) is 72.0 Å². The SMILES string of the molecule is c1ccc(-n2c(-c3ccc(-c4cccc5c4oc4ccccc45)cc3)cc3c4c(ccc32)-c2cnccc2C4(c2ccccc2)c2ccccc2)cc1. The monoisotopic (exact) mass is 676 g/mol. The number of aromatic nitrogens is 2. The number of nitrogens with zero attached hydrogens (tertiary/aromatic N) is 2. The maximum atomic E-state index is 6.42. The van der Waals surface area contributed by atoms with Gasteiger partial charge in [0, 0.05) is 45.4 Å². The number of pyridine rings is 1. The average molecular weight is 677 g/mol. The van der Waals surface area contributed by atoms with Gasteiger partial charge in [0.15, 0.2) is 0 Å². The second kappa shape index (κ2) is 11.5. The van der Waals surface area contributed by atoms with E-state index in [1.807, 2.05) is 24.5 Å². The van der Waals surface area contributed by atoms with Gasteiger partial charge in [-0.2, -0.15) is 0 Å². The van der Waals surface area contributed by atoms with Gasteiger partial charge in [-0.25, -0.2) is 0 Å². The fourth-order valence-corrected chi connectivity index (χ4v) is 8.99. The van der Waals surface area contributed by atoms with E-state index in [-0.39, 0.29) is 0 Å². The molecule has 0 aliphatic heterocycles. The Labute approximate surface area is 307 Å². The summed E-state index contributed by atoms with van der Waals surface area (Å²) in [7, 11) is 0. The first-order chi connectivity index (χ1) is 26.3. The lowest BCUT2D eigenvalue weighted by molar-refractivity contribution is 0.670. The first kappa shape index (κ1) is 29.7. The molecule has 0 N–H and O–H groups in total. The summed E-state index contributed by atoms with van der Waals surface area (Å²) in [5.74, 6) is 0. The van der Waals surface area contributed by atoms with Crippen LogP contribution in [0.4, 0.5) is 0 Å². The van der Waals surface area contributed by atoms with Crippen molar-refractivity contribution >= 4 is 32.8 Å². The second-order valence-electron chi connectivity index (χ2n) is 13.9. The van der Waals surface area contributed by atoms with Crippen LogP contribution in [0.5, 0.6) is 0 Å². The third kappa shape index (κ3) is 4.25. The Kier molecular flexibility index (Phi) is 6.47. The molecular formula is C50H32N2O. The highest BCUT2D eigenvalue weighted by atomic mass is 16.3. The highest BCUT2D eigenvalue weighted by molar-refractivity contribution is 6.09. The molecule has 0 spiro atoms. The number of benzene rings is 7. The zero-order valence-electron chi connectivity index (χ0n) is 28.8. The first-order valence-electron chi connectivity index (χ1n) is 18.1. The molecule has 0 amide bonds. The minimum atomic E-state index is -0.537. The Morgan fingerprint density at radius 2 is 1.15 bits per heavy atom. The van der Waals surface area contributed by atoms with Crippen molar-refractivity contribution < 1.29 is 4.42 Å². The fraction of sp³-hybridized carbons (Fsp3) is 0.0200. The third-order valence-corrected chi connectivity index (χ3v) is 11.2. The van der Waals surface area contributed by atoms with Crippen LogP contribution in [0.15, 0.2) is 199 Å². The lowest BCUT2D eigenvalue weighted by Gasteiger charge is -2.34. The maximum Gasteiger partial charge on any atom is 0.143 e. The summed E-state index contributed by atoms with van der Waals surface area (Å²) in [5.41, 5.74) is 15.5. The van der Waals surface area contributed by atoms with E-state index in [4.69, 9.17) is 4.42 Å². The van der Waals surface area contributed by atoms with E-state index in [9.17, 15) is 0 Å². The highest BCUT2D eigenvalue weighted by Crippen LogP contribution is 2.58. The van der Waals surface area contributed by atoms with Crippen molar-refractivity contribution in [2.45, 2.75) is 5.41 Å². The van der Waals surface area contributed by atoms with Gasteiger partial charge < -0.3 is 8.98 Å². The Bertz CT molecular complexity index is 2940. The number of hydrogen-bond acceptors (Lipinski definition) is 2. The smallest absolute Gasteiger partial charge is 0.143 e. The minimum absolute atomic E-state index is 0.537. The molecule has 11 rings (SSSR count). The van der Waals surface area contributed by atoms with Gasteiger partial charge in [-0.05, 0) is 75.3 Å². The van der Waals surface area contributed by atoms with Crippen LogP contribution < -0.4 is 0 Å². The zero-order chi connectivity index (χ0) is 34.9. The summed E-state index contributed by atoms with van der Waals surface area (Å²) in [6, 6.07) is 65.6. The number of hydrogen-bond donors (Lipinski definition) is 0. The molecule has 1 aliphatic rings. The molecule has 0 unspecified atom stereocenters. The Balaban J connectivity index is 1.18. The summed E-state index contributed by atoms with van der Waals surface area (Å²) < 4.78 is 8.85. The predicted molar refractivity (Wildman–Crippen MR) is 217 cm³/mol. The molecule has 248 valence electrons.